The first kappa shape index (κ1) is 16.0. The minimum absolute atomic E-state index is 0.201. The fourth-order valence-corrected chi connectivity index (χ4v) is 3.19. The second-order valence-electron chi connectivity index (χ2n) is 6.27. The van der Waals surface area contributed by atoms with Gasteiger partial charge in [0.1, 0.15) is 0 Å². The molecule has 0 saturated heterocycles. The van der Waals surface area contributed by atoms with Gasteiger partial charge in [0, 0.05) is 30.7 Å². The highest BCUT2D eigenvalue weighted by atomic mass is 16.5. The molecule has 3 rings (SSSR count). The number of anilines is 1. The van der Waals surface area contributed by atoms with Gasteiger partial charge in [0.2, 0.25) is 5.89 Å². The lowest BCUT2D eigenvalue weighted by atomic mass is 9.86. The Morgan fingerprint density at radius 2 is 1.91 bits per heavy atom. The van der Waals surface area contributed by atoms with E-state index in [0.29, 0.717) is 12.0 Å². The highest BCUT2D eigenvalue weighted by Crippen LogP contribution is 2.33. The Hall–Kier alpha value is -1.88. The molecule has 0 aliphatic heterocycles. The Kier molecular flexibility index (Phi) is 5.28. The average molecular weight is 315 g/mol. The molecule has 2 N–H and O–H groups in total. The lowest BCUT2D eigenvalue weighted by molar-refractivity contribution is 0.299. The molecule has 124 valence electrons. The van der Waals surface area contributed by atoms with E-state index < -0.39 is 0 Å². The Bertz CT molecular complexity index is 601. The number of hydrogen-bond donors (Lipinski definition) is 2. The number of nitrogens with one attached hydrogen (secondary N) is 1. The lowest BCUT2D eigenvalue weighted by Gasteiger charge is -2.28. The van der Waals surface area contributed by atoms with Crippen molar-refractivity contribution in [1.29, 1.82) is 0 Å². The van der Waals surface area contributed by atoms with Crippen LogP contribution in [0.2, 0.25) is 0 Å². The number of aliphatic hydroxyl groups excluding tert-OH is 1. The van der Waals surface area contributed by atoms with Crippen LogP contribution in [-0.2, 0) is 12.8 Å². The quantitative estimate of drug-likeness (QED) is 0.856. The molecule has 1 fully saturated rings. The number of rotatable bonds is 6. The summed E-state index contributed by atoms with van der Waals surface area (Å²) in [6.45, 7) is 2.24. The molecule has 0 atom stereocenters. The van der Waals surface area contributed by atoms with Crippen molar-refractivity contribution in [3.8, 4) is 0 Å². The minimum Gasteiger partial charge on any atom is -0.396 e. The summed E-state index contributed by atoms with van der Waals surface area (Å²) < 4.78 is 5.38. The molecule has 1 aromatic heterocycles. The SMILES string of the molecule is CCc1noc(C2CCC(Nc3ccc(CCO)cc3)CC2)n1. The van der Waals surface area contributed by atoms with Crippen LogP contribution in [0.1, 0.15) is 55.8 Å². The fraction of sp³-hybridized carbons (Fsp3) is 0.556. The second-order valence-corrected chi connectivity index (χ2v) is 6.27. The summed E-state index contributed by atoms with van der Waals surface area (Å²) in [7, 11) is 0. The van der Waals surface area contributed by atoms with Gasteiger partial charge >= 0.3 is 0 Å². The molecule has 0 bridgehead atoms. The first-order chi connectivity index (χ1) is 11.3. The lowest BCUT2D eigenvalue weighted by Crippen LogP contribution is -2.25. The molecule has 1 heterocycles. The first-order valence-corrected chi connectivity index (χ1v) is 8.57. The maximum absolute atomic E-state index is 8.95. The number of aryl methyl sites for hydroxylation is 1. The molecule has 0 unspecified atom stereocenters. The van der Waals surface area contributed by atoms with Gasteiger partial charge in [-0.05, 0) is 49.8 Å². The van der Waals surface area contributed by atoms with Crippen molar-refractivity contribution in [2.24, 2.45) is 0 Å². The van der Waals surface area contributed by atoms with Gasteiger partial charge in [-0.2, -0.15) is 4.98 Å². The van der Waals surface area contributed by atoms with E-state index in [1.807, 2.05) is 6.92 Å². The predicted octanol–water partition coefficient (Wildman–Crippen LogP) is 3.31. The molecule has 1 aromatic carbocycles. The van der Waals surface area contributed by atoms with Crippen LogP contribution in [0.5, 0.6) is 0 Å². The van der Waals surface area contributed by atoms with Crippen molar-refractivity contribution in [2.45, 2.75) is 57.4 Å². The first-order valence-electron chi connectivity index (χ1n) is 8.57. The van der Waals surface area contributed by atoms with Crippen molar-refractivity contribution in [1.82, 2.24) is 10.1 Å². The average Bonchev–Trinajstić information content (AvgIpc) is 3.07. The number of nitrogens with zero attached hydrogens (tertiary/aromatic N) is 2. The predicted molar refractivity (Wildman–Crippen MR) is 89.5 cm³/mol. The van der Waals surface area contributed by atoms with Crippen molar-refractivity contribution >= 4 is 5.69 Å². The van der Waals surface area contributed by atoms with Crippen LogP contribution in [0.25, 0.3) is 0 Å². The van der Waals surface area contributed by atoms with Crippen LogP contribution < -0.4 is 5.32 Å². The standard InChI is InChI=1S/C18H25N3O2/c1-2-17-20-18(23-21-17)14-5-9-16(10-6-14)19-15-7-3-13(4-8-15)11-12-22/h3-4,7-8,14,16,19,22H,2,5-6,9-12H2,1H3. The van der Waals surface area contributed by atoms with Crippen LogP contribution in [0.4, 0.5) is 5.69 Å². The highest BCUT2D eigenvalue weighted by molar-refractivity contribution is 5.45. The van der Waals surface area contributed by atoms with Gasteiger partial charge in [0.15, 0.2) is 5.82 Å². The third-order valence-corrected chi connectivity index (χ3v) is 4.60. The smallest absolute Gasteiger partial charge is 0.229 e. The Balaban J connectivity index is 1.50. The summed E-state index contributed by atoms with van der Waals surface area (Å²) in [5, 5.41) is 16.6. The Labute approximate surface area is 137 Å². The zero-order valence-corrected chi connectivity index (χ0v) is 13.7. The number of aromatic nitrogens is 2. The molecular formula is C18H25N3O2. The van der Waals surface area contributed by atoms with E-state index >= 15 is 0 Å². The number of benzene rings is 1. The van der Waals surface area contributed by atoms with Gasteiger partial charge in [-0.1, -0.05) is 24.2 Å². The third-order valence-electron chi connectivity index (χ3n) is 4.60. The van der Waals surface area contributed by atoms with Gasteiger partial charge in [0.25, 0.3) is 0 Å². The largest absolute Gasteiger partial charge is 0.396 e. The molecule has 0 radical (unpaired) electrons. The van der Waals surface area contributed by atoms with Gasteiger partial charge in [-0.25, -0.2) is 0 Å². The van der Waals surface area contributed by atoms with Gasteiger partial charge in [-0.15, -0.1) is 0 Å². The van der Waals surface area contributed by atoms with Crippen LogP contribution in [0.3, 0.4) is 0 Å². The molecule has 1 aliphatic rings. The van der Waals surface area contributed by atoms with Crippen LogP contribution in [-0.4, -0.2) is 27.9 Å². The minimum atomic E-state index is 0.201. The summed E-state index contributed by atoms with van der Waals surface area (Å²) in [5.41, 5.74) is 2.33. The number of hydrogen-bond acceptors (Lipinski definition) is 5. The zero-order chi connectivity index (χ0) is 16.1. The molecule has 23 heavy (non-hydrogen) atoms. The Morgan fingerprint density at radius 1 is 1.17 bits per heavy atom. The van der Waals surface area contributed by atoms with E-state index in [4.69, 9.17) is 9.63 Å². The van der Waals surface area contributed by atoms with Gasteiger partial charge in [-0.3, -0.25) is 0 Å². The van der Waals surface area contributed by atoms with E-state index in [1.165, 1.54) is 5.56 Å². The second kappa shape index (κ2) is 7.59. The van der Waals surface area contributed by atoms with Crippen molar-refractivity contribution in [3.63, 3.8) is 0 Å². The summed E-state index contributed by atoms with van der Waals surface area (Å²) >= 11 is 0. The van der Waals surface area contributed by atoms with E-state index in [2.05, 4.69) is 39.7 Å². The maximum Gasteiger partial charge on any atom is 0.229 e. The van der Waals surface area contributed by atoms with Crippen molar-refractivity contribution < 1.29 is 9.63 Å². The zero-order valence-electron chi connectivity index (χ0n) is 13.7. The molecule has 5 nitrogen and oxygen atoms in total. The highest BCUT2D eigenvalue weighted by Gasteiger charge is 2.26. The monoisotopic (exact) mass is 315 g/mol. The maximum atomic E-state index is 8.95. The van der Waals surface area contributed by atoms with Crippen LogP contribution >= 0.6 is 0 Å². The van der Waals surface area contributed by atoms with E-state index in [-0.39, 0.29) is 6.61 Å². The van der Waals surface area contributed by atoms with Gasteiger partial charge < -0.3 is 14.9 Å². The summed E-state index contributed by atoms with van der Waals surface area (Å²) in [6, 6.07) is 8.86. The molecule has 1 aliphatic carbocycles. The summed E-state index contributed by atoms with van der Waals surface area (Å²) in [4.78, 5) is 4.47. The summed E-state index contributed by atoms with van der Waals surface area (Å²) in [5.74, 6) is 2.03. The molecule has 0 spiro atoms. The van der Waals surface area contributed by atoms with Crippen LogP contribution in [0, 0.1) is 0 Å². The molecular weight excluding hydrogens is 290 g/mol. The molecule has 1 saturated carbocycles. The van der Waals surface area contributed by atoms with Crippen LogP contribution in [0.15, 0.2) is 28.8 Å². The molecule has 0 amide bonds. The Morgan fingerprint density at radius 3 is 2.52 bits per heavy atom. The van der Waals surface area contributed by atoms with Gasteiger partial charge in [0.05, 0.1) is 0 Å². The van der Waals surface area contributed by atoms with Crippen molar-refractivity contribution in [3.05, 3.63) is 41.5 Å². The third kappa shape index (κ3) is 4.10. The molecule has 2 aromatic rings. The number of aliphatic hydroxyl groups is 1. The fourth-order valence-electron chi connectivity index (χ4n) is 3.19. The summed E-state index contributed by atoms with van der Waals surface area (Å²) in [6.07, 6.45) is 5.96. The van der Waals surface area contributed by atoms with E-state index in [1.54, 1.807) is 0 Å². The topological polar surface area (TPSA) is 71.2 Å². The normalized spacial score (nSPS) is 21.3. The van der Waals surface area contributed by atoms with Crippen molar-refractivity contribution in [2.75, 3.05) is 11.9 Å². The van der Waals surface area contributed by atoms with E-state index in [0.717, 1.165) is 55.9 Å². The molecule has 5 heteroatoms. The van der Waals surface area contributed by atoms with E-state index in [9.17, 15) is 0 Å².